The highest BCUT2D eigenvalue weighted by Crippen LogP contribution is 2.14. The van der Waals surface area contributed by atoms with Crippen LogP contribution >= 0.6 is 0 Å². The van der Waals surface area contributed by atoms with Gasteiger partial charge in [0.05, 0.1) is 0 Å². The molecule has 0 bridgehead atoms. The van der Waals surface area contributed by atoms with Gasteiger partial charge in [-0.25, -0.2) is 0 Å². The van der Waals surface area contributed by atoms with Crippen LogP contribution in [0.2, 0.25) is 0 Å². The van der Waals surface area contributed by atoms with Crippen molar-refractivity contribution in [2.45, 2.75) is 46.1 Å². The van der Waals surface area contributed by atoms with Crippen molar-refractivity contribution < 1.29 is 0 Å². The maximum Gasteiger partial charge on any atom is 0.00876 e. The molecule has 1 aromatic rings. The lowest BCUT2D eigenvalue weighted by atomic mass is 9.98. The lowest BCUT2D eigenvalue weighted by Crippen LogP contribution is -2.35. The highest BCUT2D eigenvalue weighted by Gasteiger charge is 2.12. The molecule has 0 aromatic heterocycles. The van der Waals surface area contributed by atoms with Crippen LogP contribution in [0.25, 0.3) is 0 Å². The molecule has 0 saturated carbocycles. The topological polar surface area (TPSA) is 12.0 Å². The molecule has 0 spiro atoms. The predicted molar refractivity (Wildman–Crippen MR) is 71.8 cm³/mol. The van der Waals surface area contributed by atoms with E-state index in [2.05, 4.69) is 63.3 Å². The summed E-state index contributed by atoms with van der Waals surface area (Å²) < 4.78 is 0. The van der Waals surface area contributed by atoms with E-state index in [1.54, 1.807) is 0 Å². The highest BCUT2D eigenvalue weighted by molar-refractivity contribution is 5.18. The zero-order valence-corrected chi connectivity index (χ0v) is 11.0. The van der Waals surface area contributed by atoms with E-state index < -0.39 is 0 Å². The van der Waals surface area contributed by atoms with E-state index in [0.717, 1.165) is 6.54 Å². The van der Waals surface area contributed by atoms with Gasteiger partial charge >= 0.3 is 0 Å². The van der Waals surface area contributed by atoms with Crippen molar-refractivity contribution in [1.29, 1.82) is 0 Å². The number of benzene rings is 1. The maximum absolute atomic E-state index is 3.67. The molecule has 1 nitrogen and oxygen atoms in total. The van der Waals surface area contributed by atoms with Crippen LogP contribution in [-0.2, 0) is 0 Å². The van der Waals surface area contributed by atoms with E-state index in [1.165, 1.54) is 12.0 Å². The maximum atomic E-state index is 3.67. The fourth-order valence-corrected chi connectivity index (χ4v) is 2.08. The molecule has 1 heteroatoms. The first-order chi connectivity index (χ1) is 7.65. The summed E-state index contributed by atoms with van der Waals surface area (Å²) in [6.45, 7) is 10.2. The van der Waals surface area contributed by atoms with Crippen molar-refractivity contribution in [3.63, 3.8) is 0 Å². The molecule has 0 amide bonds. The lowest BCUT2D eigenvalue weighted by Gasteiger charge is -2.23. The van der Waals surface area contributed by atoms with Crippen LogP contribution in [0.3, 0.4) is 0 Å². The molecule has 1 aromatic carbocycles. The first-order valence-corrected chi connectivity index (χ1v) is 6.43. The van der Waals surface area contributed by atoms with Crippen LogP contribution < -0.4 is 5.32 Å². The normalized spacial score (nSPS) is 15.1. The summed E-state index contributed by atoms with van der Waals surface area (Å²) >= 11 is 0. The van der Waals surface area contributed by atoms with Gasteiger partial charge < -0.3 is 5.32 Å². The number of nitrogens with one attached hydrogen (secondary N) is 1. The average Bonchev–Trinajstić information content (AvgIpc) is 2.30. The fraction of sp³-hybridized carbons (Fsp3) is 0.600. The molecule has 0 aliphatic carbocycles. The van der Waals surface area contributed by atoms with Gasteiger partial charge in [-0.05, 0) is 23.8 Å². The Morgan fingerprint density at radius 2 is 1.69 bits per heavy atom. The van der Waals surface area contributed by atoms with E-state index in [9.17, 15) is 0 Å². The molecule has 0 heterocycles. The monoisotopic (exact) mass is 219 g/mol. The van der Waals surface area contributed by atoms with Gasteiger partial charge in [-0.15, -0.1) is 0 Å². The van der Waals surface area contributed by atoms with Crippen molar-refractivity contribution in [2.24, 2.45) is 5.92 Å². The molecule has 0 saturated heterocycles. The molecule has 0 aliphatic heterocycles. The third-order valence-corrected chi connectivity index (χ3v) is 3.30. The van der Waals surface area contributed by atoms with E-state index in [1.807, 2.05) is 0 Å². The van der Waals surface area contributed by atoms with Crippen molar-refractivity contribution in [3.8, 4) is 0 Å². The van der Waals surface area contributed by atoms with Gasteiger partial charge in [-0.1, -0.05) is 58.0 Å². The summed E-state index contributed by atoms with van der Waals surface area (Å²) in [4.78, 5) is 0. The fourth-order valence-electron chi connectivity index (χ4n) is 2.08. The summed E-state index contributed by atoms with van der Waals surface area (Å²) in [5, 5.41) is 3.67. The number of hydrogen-bond acceptors (Lipinski definition) is 1. The van der Waals surface area contributed by atoms with Crippen LogP contribution in [-0.4, -0.2) is 12.6 Å². The molecule has 1 N–H and O–H groups in total. The molecular weight excluding hydrogens is 194 g/mol. The smallest absolute Gasteiger partial charge is 0.00876 e. The Hall–Kier alpha value is -0.820. The Balaban J connectivity index is 2.43. The Kier molecular flexibility index (Phi) is 5.54. The van der Waals surface area contributed by atoms with E-state index in [0.29, 0.717) is 17.9 Å². The molecule has 2 atom stereocenters. The van der Waals surface area contributed by atoms with Crippen LogP contribution in [0.15, 0.2) is 30.3 Å². The van der Waals surface area contributed by atoms with Gasteiger partial charge in [0.25, 0.3) is 0 Å². The molecule has 2 unspecified atom stereocenters. The van der Waals surface area contributed by atoms with Crippen molar-refractivity contribution in [2.75, 3.05) is 6.54 Å². The molecule has 0 fully saturated rings. The van der Waals surface area contributed by atoms with Gasteiger partial charge in [-0.3, -0.25) is 0 Å². The Labute approximate surface area is 100 Å². The molecule has 0 aliphatic rings. The van der Waals surface area contributed by atoms with Crippen molar-refractivity contribution in [3.05, 3.63) is 35.9 Å². The van der Waals surface area contributed by atoms with Gasteiger partial charge in [0.1, 0.15) is 0 Å². The molecular formula is C15H25N. The Morgan fingerprint density at radius 1 is 1.06 bits per heavy atom. The van der Waals surface area contributed by atoms with Crippen molar-refractivity contribution in [1.82, 2.24) is 5.32 Å². The van der Waals surface area contributed by atoms with E-state index >= 15 is 0 Å². The summed E-state index contributed by atoms with van der Waals surface area (Å²) in [5.74, 6) is 1.31. The highest BCUT2D eigenvalue weighted by atomic mass is 14.9. The zero-order valence-electron chi connectivity index (χ0n) is 11.0. The van der Waals surface area contributed by atoms with Gasteiger partial charge in [0.15, 0.2) is 0 Å². The van der Waals surface area contributed by atoms with Crippen molar-refractivity contribution >= 4 is 0 Å². The van der Waals surface area contributed by atoms with Crippen LogP contribution in [0.5, 0.6) is 0 Å². The second kappa shape index (κ2) is 6.70. The number of rotatable bonds is 6. The summed E-state index contributed by atoms with van der Waals surface area (Å²) in [6.07, 6.45) is 1.21. The van der Waals surface area contributed by atoms with E-state index in [-0.39, 0.29) is 0 Å². The zero-order chi connectivity index (χ0) is 12.0. The minimum atomic E-state index is 0.592. The molecule has 0 radical (unpaired) electrons. The first kappa shape index (κ1) is 13.2. The molecule has 1 rings (SSSR count). The lowest BCUT2D eigenvalue weighted by molar-refractivity contribution is 0.381. The van der Waals surface area contributed by atoms with Crippen LogP contribution in [0, 0.1) is 5.92 Å². The van der Waals surface area contributed by atoms with Gasteiger partial charge in [-0.2, -0.15) is 0 Å². The van der Waals surface area contributed by atoms with Gasteiger partial charge in [0.2, 0.25) is 0 Å². The predicted octanol–water partition coefficient (Wildman–Crippen LogP) is 3.81. The standard InChI is InChI=1S/C15H25N/c1-5-15(12(2)3)16-11-13(4)14-9-7-6-8-10-14/h6-10,12-13,15-16H,5,11H2,1-4H3. The second-order valence-corrected chi connectivity index (χ2v) is 4.98. The Morgan fingerprint density at radius 3 is 2.19 bits per heavy atom. The first-order valence-electron chi connectivity index (χ1n) is 6.43. The third-order valence-electron chi connectivity index (χ3n) is 3.30. The SMILES string of the molecule is CCC(NCC(C)c1ccccc1)C(C)C. The minimum Gasteiger partial charge on any atom is -0.313 e. The van der Waals surface area contributed by atoms with Crippen LogP contribution in [0.1, 0.15) is 45.6 Å². The molecule has 16 heavy (non-hydrogen) atoms. The summed E-state index contributed by atoms with van der Waals surface area (Å²) in [5.41, 5.74) is 1.42. The van der Waals surface area contributed by atoms with E-state index in [4.69, 9.17) is 0 Å². The van der Waals surface area contributed by atoms with Crippen LogP contribution in [0.4, 0.5) is 0 Å². The summed E-state index contributed by atoms with van der Waals surface area (Å²) in [6, 6.07) is 11.4. The Bertz CT molecular complexity index is 279. The largest absolute Gasteiger partial charge is 0.313 e. The third kappa shape index (κ3) is 3.97. The average molecular weight is 219 g/mol. The van der Waals surface area contributed by atoms with Gasteiger partial charge in [0, 0.05) is 12.6 Å². The quantitative estimate of drug-likeness (QED) is 0.767. The second-order valence-electron chi connectivity index (χ2n) is 4.98. The molecule has 90 valence electrons. The number of hydrogen-bond donors (Lipinski definition) is 1. The minimum absolute atomic E-state index is 0.592. The summed E-state index contributed by atoms with van der Waals surface area (Å²) in [7, 11) is 0.